The highest BCUT2D eigenvalue weighted by Gasteiger charge is 2.09. The summed E-state index contributed by atoms with van der Waals surface area (Å²) in [7, 11) is 1.74. The number of nitrogens with zero attached hydrogens (tertiary/aromatic N) is 4. The number of halogens is 1. The van der Waals surface area contributed by atoms with Crippen LogP contribution in [0, 0.1) is 0 Å². The number of carbonyl (C=O) groups excluding carboxylic acids is 1. The summed E-state index contributed by atoms with van der Waals surface area (Å²) in [5, 5.41) is 8.11. The molecule has 5 nitrogen and oxygen atoms in total. The number of hydrogen-bond acceptors (Lipinski definition) is 3. The first kappa shape index (κ1) is 12.8. The van der Waals surface area contributed by atoms with Crippen molar-refractivity contribution in [3.05, 3.63) is 40.6 Å². The number of hydrogen-bond donors (Lipinski definition) is 0. The lowest BCUT2D eigenvalue weighted by Crippen LogP contribution is -2.23. The van der Waals surface area contributed by atoms with Gasteiger partial charge in [-0.3, -0.25) is 4.79 Å². The van der Waals surface area contributed by atoms with Gasteiger partial charge in [-0.25, -0.2) is 4.68 Å². The van der Waals surface area contributed by atoms with Crippen LogP contribution in [0.25, 0.3) is 5.69 Å². The largest absolute Gasteiger partial charge is 0.340 e. The van der Waals surface area contributed by atoms with Crippen LogP contribution < -0.4 is 0 Å². The zero-order valence-electron chi connectivity index (χ0n) is 10.2. The molecule has 6 heteroatoms. The molecule has 1 aromatic carbocycles. The molecule has 0 aliphatic heterocycles. The van der Waals surface area contributed by atoms with E-state index in [-0.39, 0.29) is 5.91 Å². The lowest BCUT2D eigenvalue weighted by Gasteiger charge is -2.11. The Morgan fingerprint density at radius 1 is 1.44 bits per heavy atom. The topological polar surface area (TPSA) is 51.0 Å². The van der Waals surface area contributed by atoms with Crippen LogP contribution in [-0.2, 0) is 11.3 Å². The van der Waals surface area contributed by atoms with Gasteiger partial charge in [0, 0.05) is 18.4 Å². The summed E-state index contributed by atoms with van der Waals surface area (Å²) < 4.78 is 2.63. The van der Waals surface area contributed by atoms with Gasteiger partial charge in [0.05, 0.1) is 18.4 Å². The minimum atomic E-state index is 0.00504. The Labute approximate surface area is 114 Å². The summed E-state index contributed by atoms with van der Waals surface area (Å²) in [5.41, 5.74) is 1.67. The van der Waals surface area contributed by atoms with Crippen LogP contribution >= 0.6 is 15.9 Å². The molecular formula is C12H13BrN4O. The predicted molar refractivity (Wildman–Crippen MR) is 71.2 cm³/mol. The molecule has 2 aromatic rings. The van der Waals surface area contributed by atoms with E-state index < -0.39 is 0 Å². The Kier molecular flexibility index (Phi) is 3.76. The van der Waals surface area contributed by atoms with Crippen molar-refractivity contribution in [3.63, 3.8) is 0 Å². The van der Waals surface area contributed by atoms with Crippen molar-refractivity contribution in [2.24, 2.45) is 0 Å². The highest BCUT2D eigenvalue weighted by atomic mass is 79.9. The van der Waals surface area contributed by atoms with Crippen molar-refractivity contribution in [1.29, 1.82) is 0 Å². The van der Waals surface area contributed by atoms with Crippen molar-refractivity contribution in [2.45, 2.75) is 13.5 Å². The van der Waals surface area contributed by atoms with E-state index in [4.69, 9.17) is 0 Å². The summed E-state index contributed by atoms with van der Waals surface area (Å²) in [6.45, 7) is 1.98. The molecule has 0 radical (unpaired) electrons. The fraction of sp³-hybridized carbons (Fsp3) is 0.250. The maximum absolute atomic E-state index is 11.1. The number of aromatic nitrogens is 3. The molecular weight excluding hydrogens is 296 g/mol. The van der Waals surface area contributed by atoms with E-state index in [0.29, 0.717) is 6.54 Å². The van der Waals surface area contributed by atoms with Crippen molar-refractivity contribution in [1.82, 2.24) is 19.9 Å². The normalized spacial score (nSPS) is 10.4. The third kappa shape index (κ3) is 2.76. The molecule has 18 heavy (non-hydrogen) atoms. The summed E-state index contributed by atoms with van der Waals surface area (Å²) in [6, 6.07) is 7.76. The number of benzene rings is 1. The minimum Gasteiger partial charge on any atom is -0.340 e. The molecule has 0 fully saturated rings. The zero-order valence-corrected chi connectivity index (χ0v) is 11.8. The van der Waals surface area contributed by atoms with Crippen LogP contribution in [0.5, 0.6) is 0 Å². The fourth-order valence-electron chi connectivity index (χ4n) is 1.48. The fourth-order valence-corrected chi connectivity index (χ4v) is 1.95. The van der Waals surface area contributed by atoms with Gasteiger partial charge in [-0.05, 0) is 28.1 Å². The standard InChI is InChI=1S/C12H13BrN4O/c1-9(18)16(2)7-10-8-17(15-14-10)12-6-4-3-5-11(12)13/h3-6,8H,7H2,1-2H3. The second kappa shape index (κ2) is 5.30. The van der Waals surface area contributed by atoms with Gasteiger partial charge in [-0.1, -0.05) is 17.3 Å². The molecule has 0 N–H and O–H groups in total. The maximum atomic E-state index is 11.1. The lowest BCUT2D eigenvalue weighted by atomic mass is 10.3. The Hall–Kier alpha value is -1.69. The summed E-state index contributed by atoms with van der Waals surface area (Å²) in [6.07, 6.45) is 1.82. The second-order valence-electron chi connectivity index (χ2n) is 3.98. The van der Waals surface area contributed by atoms with Gasteiger partial charge < -0.3 is 4.90 Å². The smallest absolute Gasteiger partial charge is 0.219 e. The van der Waals surface area contributed by atoms with E-state index in [1.807, 2.05) is 30.5 Å². The second-order valence-corrected chi connectivity index (χ2v) is 4.84. The molecule has 0 unspecified atom stereocenters. The molecule has 2 rings (SSSR count). The lowest BCUT2D eigenvalue weighted by molar-refractivity contribution is -0.128. The third-order valence-corrected chi connectivity index (χ3v) is 3.25. The molecule has 0 saturated carbocycles. The van der Waals surface area contributed by atoms with Gasteiger partial charge in [0.25, 0.3) is 0 Å². The number of para-hydroxylation sites is 1. The average molecular weight is 309 g/mol. The van der Waals surface area contributed by atoms with Crippen molar-refractivity contribution >= 4 is 21.8 Å². The summed E-state index contributed by atoms with van der Waals surface area (Å²) in [4.78, 5) is 12.7. The highest BCUT2D eigenvalue weighted by Crippen LogP contribution is 2.19. The minimum absolute atomic E-state index is 0.00504. The van der Waals surface area contributed by atoms with Crippen molar-refractivity contribution in [3.8, 4) is 5.69 Å². The van der Waals surface area contributed by atoms with E-state index in [1.165, 1.54) is 6.92 Å². The summed E-state index contributed by atoms with van der Waals surface area (Å²) in [5.74, 6) is 0.00504. The first-order valence-electron chi connectivity index (χ1n) is 5.46. The van der Waals surface area contributed by atoms with Gasteiger partial charge in [0.1, 0.15) is 5.69 Å². The van der Waals surface area contributed by atoms with Crippen LogP contribution in [0.4, 0.5) is 0 Å². The molecule has 94 valence electrons. The molecule has 1 heterocycles. The number of amides is 1. The Balaban J connectivity index is 2.21. The van der Waals surface area contributed by atoms with Crippen LogP contribution in [-0.4, -0.2) is 32.8 Å². The monoisotopic (exact) mass is 308 g/mol. The van der Waals surface area contributed by atoms with Crippen molar-refractivity contribution in [2.75, 3.05) is 7.05 Å². The quantitative estimate of drug-likeness (QED) is 0.871. The molecule has 0 aliphatic carbocycles. The van der Waals surface area contributed by atoms with E-state index >= 15 is 0 Å². The molecule has 0 atom stereocenters. The van der Waals surface area contributed by atoms with E-state index in [2.05, 4.69) is 26.2 Å². The molecule has 0 bridgehead atoms. The van der Waals surface area contributed by atoms with Crippen LogP contribution in [0.2, 0.25) is 0 Å². The highest BCUT2D eigenvalue weighted by molar-refractivity contribution is 9.10. The number of rotatable bonds is 3. The van der Waals surface area contributed by atoms with E-state index in [0.717, 1.165) is 15.9 Å². The van der Waals surface area contributed by atoms with E-state index in [1.54, 1.807) is 16.6 Å². The van der Waals surface area contributed by atoms with Gasteiger partial charge >= 0.3 is 0 Å². The van der Waals surface area contributed by atoms with Gasteiger partial charge in [-0.15, -0.1) is 5.10 Å². The molecule has 0 aliphatic rings. The zero-order chi connectivity index (χ0) is 13.1. The molecule has 1 amide bonds. The Morgan fingerprint density at radius 2 is 2.17 bits per heavy atom. The van der Waals surface area contributed by atoms with Crippen molar-refractivity contribution < 1.29 is 4.79 Å². The number of carbonyl (C=O) groups is 1. The SMILES string of the molecule is CC(=O)N(C)Cc1cn(-c2ccccc2Br)nn1. The third-order valence-electron chi connectivity index (χ3n) is 2.58. The molecule has 0 spiro atoms. The van der Waals surface area contributed by atoms with Gasteiger partial charge in [0.2, 0.25) is 5.91 Å². The Bertz CT molecular complexity index is 567. The first-order chi connectivity index (χ1) is 8.58. The predicted octanol–water partition coefficient (Wildman–Crippen LogP) is 2.01. The Morgan fingerprint density at radius 3 is 2.83 bits per heavy atom. The van der Waals surface area contributed by atoms with Crippen LogP contribution in [0.3, 0.4) is 0 Å². The molecule has 0 saturated heterocycles. The average Bonchev–Trinajstić information content (AvgIpc) is 2.77. The van der Waals surface area contributed by atoms with Crippen LogP contribution in [0.1, 0.15) is 12.6 Å². The van der Waals surface area contributed by atoms with E-state index in [9.17, 15) is 4.79 Å². The summed E-state index contributed by atoms with van der Waals surface area (Å²) >= 11 is 3.46. The first-order valence-corrected chi connectivity index (χ1v) is 6.25. The molecule has 1 aromatic heterocycles. The van der Waals surface area contributed by atoms with Crippen LogP contribution in [0.15, 0.2) is 34.9 Å². The maximum Gasteiger partial charge on any atom is 0.219 e. The van der Waals surface area contributed by atoms with Gasteiger partial charge in [-0.2, -0.15) is 0 Å². The van der Waals surface area contributed by atoms with Gasteiger partial charge in [0.15, 0.2) is 0 Å².